The van der Waals surface area contributed by atoms with Gasteiger partial charge < -0.3 is 4.85 Å². The van der Waals surface area contributed by atoms with Gasteiger partial charge in [-0.15, -0.1) is 0 Å². The summed E-state index contributed by atoms with van der Waals surface area (Å²) in [5.74, 6) is 0.665. The number of hydrogen-bond donors (Lipinski definition) is 0. The Kier molecular flexibility index (Phi) is 4.02. The quantitative estimate of drug-likeness (QED) is 0.630. The summed E-state index contributed by atoms with van der Waals surface area (Å²) in [5.41, 5.74) is 0. The highest BCUT2D eigenvalue weighted by atomic mass is 15.2. The Bertz CT molecular complexity index is 225. The first-order valence-electron chi connectivity index (χ1n) is 6.47. The summed E-state index contributed by atoms with van der Waals surface area (Å²) in [5, 5.41) is 0. The summed E-state index contributed by atoms with van der Waals surface area (Å²) in [6, 6.07) is 0.854. The van der Waals surface area contributed by atoms with E-state index in [9.17, 15) is 0 Å². The highest BCUT2D eigenvalue weighted by Gasteiger charge is 2.27. The van der Waals surface area contributed by atoms with Crippen molar-refractivity contribution in [1.29, 1.82) is 0 Å². The van der Waals surface area contributed by atoms with E-state index in [1.807, 2.05) is 0 Å². The minimum Gasteiger partial charge on any atom is -0.317 e. The van der Waals surface area contributed by atoms with Crippen LogP contribution in [0.4, 0.5) is 0 Å². The van der Waals surface area contributed by atoms with Crippen molar-refractivity contribution in [1.82, 2.24) is 4.90 Å². The van der Waals surface area contributed by atoms with Crippen molar-refractivity contribution in [2.75, 3.05) is 19.6 Å². The molecule has 0 aromatic carbocycles. The van der Waals surface area contributed by atoms with E-state index >= 15 is 0 Å². The zero-order chi connectivity index (χ0) is 10.5. The molecule has 1 saturated heterocycles. The lowest BCUT2D eigenvalue weighted by molar-refractivity contribution is 0.103. The lowest BCUT2D eigenvalue weighted by atomic mass is 9.90. The summed E-state index contributed by atoms with van der Waals surface area (Å²) in [6.45, 7) is 10.2. The number of hydrogen-bond acceptors (Lipinski definition) is 1. The Hall–Kier alpha value is -0.550. The van der Waals surface area contributed by atoms with Crippen molar-refractivity contribution >= 4 is 0 Å². The van der Waals surface area contributed by atoms with Gasteiger partial charge in [-0.3, -0.25) is 4.90 Å². The summed E-state index contributed by atoms with van der Waals surface area (Å²) in [4.78, 5) is 6.24. The van der Waals surface area contributed by atoms with Gasteiger partial charge in [0.05, 0.1) is 0 Å². The summed E-state index contributed by atoms with van der Waals surface area (Å²) < 4.78 is 0. The van der Waals surface area contributed by atoms with Crippen LogP contribution in [-0.2, 0) is 0 Å². The molecule has 2 aliphatic rings. The molecule has 1 aliphatic carbocycles. The maximum Gasteiger partial charge on any atom is 0.218 e. The van der Waals surface area contributed by atoms with E-state index in [1.54, 1.807) is 0 Å². The molecule has 0 N–H and O–H groups in total. The van der Waals surface area contributed by atoms with Crippen LogP contribution in [0.15, 0.2) is 0 Å². The van der Waals surface area contributed by atoms with Gasteiger partial charge in [0.1, 0.15) is 0 Å². The van der Waals surface area contributed by atoms with Crippen molar-refractivity contribution in [3.05, 3.63) is 11.4 Å². The first-order valence-corrected chi connectivity index (χ1v) is 6.47. The summed E-state index contributed by atoms with van der Waals surface area (Å²) >= 11 is 0. The lowest BCUT2D eigenvalue weighted by Crippen LogP contribution is -2.44. The van der Waals surface area contributed by atoms with Gasteiger partial charge in [-0.1, -0.05) is 19.3 Å². The predicted molar refractivity (Wildman–Crippen MR) is 62.6 cm³/mol. The third-order valence-electron chi connectivity index (χ3n) is 3.99. The third-order valence-corrected chi connectivity index (χ3v) is 3.99. The topological polar surface area (TPSA) is 7.60 Å². The largest absolute Gasteiger partial charge is 0.317 e. The number of piperidine rings is 1. The van der Waals surface area contributed by atoms with Gasteiger partial charge in [0.2, 0.25) is 6.54 Å². The van der Waals surface area contributed by atoms with E-state index in [1.165, 1.54) is 58.0 Å². The second kappa shape index (κ2) is 5.51. The summed E-state index contributed by atoms with van der Waals surface area (Å²) in [7, 11) is 0. The van der Waals surface area contributed by atoms with Crippen LogP contribution in [0.5, 0.6) is 0 Å². The van der Waals surface area contributed by atoms with E-state index in [-0.39, 0.29) is 0 Å². The van der Waals surface area contributed by atoms with Gasteiger partial charge in [-0.05, 0) is 32.2 Å². The summed E-state index contributed by atoms with van der Waals surface area (Å²) in [6.07, 6.45) is 9.71. The minimum absolute atomic E-state index is 0.665. The molecular formula is C13H22N2. The zero-order valence-corrected chi connectivity index (χ0v) is 9.62. The van der Waals surface area contributed by atoms with E-state index < -0.39 is 0 Å². The fourth-order valence-corrected chi connectivity index (χ4v) is 3.15. The molecule has 2 fully saturated rings. The van der Waals surface area contributed by atoms with Crippen LogP contribution >= 0.6 is 0 Å². The SMILES string of the molecule is [C-]#[N+]CC1CCCN(C2CCCCC2)C1. The Morgan fingerprint density at radius 2 is 1.87 bits per heavy atom. The fraction of sp³-hybridized carbons (Fsp3) is 0.923. The molecule has 2 heteroatoms. The van der Waals surface area contributed by atoms with Crippen LogP contribution in [0.25, 0.3) is 4.85 Å². The monoisotopic (exact) mass is 206 g/mol. The third kappa shape index (κ3) is 2.95. The molecule has 0 aromatic heterocycles. The van der Waals surface area contributed by atoms with Crippen LogP contribution in [0, 0.1) is 12.5 Å². The van der Waals surface area contributed by atoms with E-state index in [0.29, 0.717) is 5.92 Å². The molecule has 2 rings (SSSR count). The lowest BCUT2D eigenvalue weighted by Gasteiger charge is -2.38. The first kappa shape index (κ1) is 11.0. The van der Waals surface area contributed by atoms with Crippen molar-refractivity contribution in [3.63, 3.8) is 0 Å². The minimum atomic E-state index is 0.665. The average Bonchev–Trinajstić information content (AvgIpc) is 2.31. The Morgan fingerprint density at radius 1 is 1.07 bits per heavy atom. The Labute approximate surface area is 93.5 Å². The maximum absolute atomic E-state index is 6.96. The molecule has 15 heavy (non-hydrogen) atoms. The Balaban J connectivity index is 1.83. The second-order valence-electron chi connectivity index (χ2n) is 5.14. The van der Waals surface area contributed by atoms with Crippen LogP contribution < -0.4 is 0 Å². The molecule has 84 valence electrons. The number of likely N-dealkylation sites (tertiary alicyclic amines) is 1. The molecule has 0 spiro atoms. The van der Waals surface area contributed by atoms with E-state index in [4.69, 9.17) is 6.57 Å². The smallest absolute Gasteiger partial charge is 0.218 e. The average molecular weight is 206 g/mol. The zero-order valence-electron chi connectivity index (χ0n) is 9.62. The van der Waals surface area contributed by atoms with Crippen LogP contribution in [0.3, 0.4) is 0 Å². The Morgan fingerprint density at radius 3 is 2.60 bits per heavy atom. The van der Waals surface area contributed by atoms with Gasteiger partial charge in [-0.2, -0.15) is 0 Å². The standard InChI is InChI=1S/C13H22N2/c1-14-10-12-6-5-9-15(11-12)13-7-3-2-4-8-13/h12-13H,2-11H2. The normalized spacial score (nSPS) is 29.9. The fourth-order valence-electron chi connectivity index (χ4n) is 3.15. The van der Waals surface area contributed by atoms with Crippen LogP contribution in [0.2, 0.25) is 0 Å². The van der Waals surface area contributed by atoms with Gasteiger partial charge in [0.25, 0.3) is 0 Å². The maximum atomic E-state index is 6.96. The molecule has 1 unspecified atom stereocenters. The molecule has 1 heterocycles. The molecule has 0 aromatic rings. The van der Waals surface area contributed by atoms with Gasteiger partial charge in [0.15, 0.2) is 0 Å². The van der Waals surface area contributed by atoms with E-state index in [0.717, 1.165) is 12.6 Å². The second-order valence-corrected chi connectivity index (χ2v) is 5.14. The predicted octanol–water partition coefficient (Wildman–Crippen LogP) is 2.95. The molecule has 1 aliphatic heterocycles. The molecule has 0 radical (unpaired) electrons. The van der Waals surface area contributed by atoms with Gasteiger partial charge in [-0.25, -0.2) is 6.57 Å². The molecule has 1 saturated carbocycles. The molecule has 0 amide bonds. The highest BCUT2D eigenvalue weighted by Crippen LogP contribution is 2.27. The van der Waals surface area contributed by atoms with Crippen molar-refractivity contribution in [2.45, 2.75) is 51.0 Å². The van der Waals surface area contributed by atoms with Gasteiger partial charge in [0, 0.05) is 18.5 Å². The first-order chi connectivity index (χ1) is 7.40. The van der Waals surface area contributed by atoms with Crippen molar-refractivity contribution in [3.8, 4) is 0 Å². The van der Waals surface area contributed by atoms with Crippen molar-refractivity contribution < 1.29 is 0 Å². The molecular weight excluding hydrogens is 184 g/mol. The number of nitrogens with zero attached hydrogens (tertiary/aromatic N) is 2. The highest BCUT2D eigenvalue weighted by molar-refractivity contribution is 4.83. The van der Waals surface area contributed by atoms with Crippen LogP contribution in [0.1, 0.15) is 44.9 Å². The van der Waals surface area contributed by atoms with Gasteiger partial charge >= 0.3 is 0 Å². The molecule has 0 bridgehead atoms. The number of rotatable bonds is 2. The van der Waals surface area contributed by atoms with Crippen molar-refractivity contribution in [2.24, 2.45) is 5.92 Å². The van der Waals surface area contributed by atoms with Crippen LogP contribution in [-0.4, -0.2) is 30.6 Å². The van der Waals surface area contributed by atoms with E-state index in [2.05, 4.69) is 9.74 Å². The molecule has 2 nitrogen and oxygen atoms in total. The molecule has 1 atom stereocenters.